The average molecular weight is 446 g/mol. The molecule has 2 heterocycles. The Morgan fingerprint density at radius 3 is 2.76 bits per heavy atom. The fraction of sp³-hybridized carbons (Fsp3) is 0.160. The van der Waals surface area contributed by atoms with Crippen LogP contribution >= 0.6 is 0 Å². The maximum atomic E-state index is 14.2. The van der Waals surface area contributed by atoms with Crippen LogP contribution in [0.25, 0.3) is 11.0 Å². The van der Waals surface area contributed by atoms with Crippen molar-refractivity contribution in [3.63, 3.8) is 0 Å². The number of aromatic nitrogens is 2. The number of ether oxygens (including phenoxy) is 3. The molecule has 4 aromatic rings. The summed E-state index contributed by atoms with van der Waals surface area (Å²) in [5.41, 5.74) is 2.43. The molecule has 1 aromatic heterocycles. The van der Waals surface area contributed by atoms with Crippen LogP contribution < -0.4 is 10.3 Å². The highest BCUT2D eigenvalue weighted by atomic mass is 19.1. The minimum absolute atomic E-state index is 0.159. The van der Waals surface area contributed by atoms with Crippen molar-refractivity contribution in [2.45, 2.75) is 26.0 Å². The van der Waals surface area contributed by atoms with Crippen LogP contribution in [0.1, 0.15) is 23.0 Å². The molecular weight excluding hydrogens is 427 g/mol. The molecule has 0 N–H and O–H groups in total. The Kier molecular flexibility index (Phi) is 5.58. The lowest BCUT2D eigenvalue weighted by Crippen LogP contribution is -2.26. The molecule has 166 valence electrons. The summed E-state index contributed by atoms with van der Waals surface area (Å²) in [6.07, 6.45) is 0.510. The first-order valence-electron chi connectivity index (χ1n) is 10.3. The van der Waals surface area contributed by atoms with Crippen molar-refractivity contribution >= 4 is 17.0 Å². The molecule has 5 rings (SSSR count). The largest absolute Gasteiger partial charge is 0.460 e. The van der Waals surface area contributed by atoms with Crippen molar-refractivity contribution in [1.29, 1.82) is 0 Å². The first-order chi connectivity index (χ1) is 16.1. The van der Waals surface area contributed by atoms with Gasteiger partial charge >= 0.3 is 5.97 Å². The zero-order valence-electron chi connectivity index (χ0n) is 17.4. The number of halogens is 1. The smallest absolute Gasteiger partial charge is 0.326 e. The highest BCUT2D eigenvalue weighted by molar-refractivity contribution is 5.77. The summed E-state index contributed by atoms with van der Waals surface area (Å²) in [4.78, 5) is 28.9. The second-order valence-corrected chi connectivity index (χ2v) is 7.56. The summed E-state index contributed by atoms with van der Waals surface area (Å²) in [7, 11) is 0. The highest BCUT2D eigenvalue weighted by Gasteiger charge is 2.25. The lowest BCUT2D eigenvalue weighted by molar-refractivity contribution is -0.146. The van der Waals surface area contributed by atoms with Gasteiger partial charge in [-0.2, -0.15) is 0 Å². The van der Waals surface area contributed by atoms with Gasteiger partial charge in [0.1, 0.15) is 24.7 Å². The van der Waals surface area contributed by atoms with Gasteiger partial charge in [-0.05, 0) is 24.3 Å². The molecular formula is C25H19FN2O5. The first kappa shape index (κ1) is 20.8. The van der Waals surface area contributed by atoms with Gasteiger partial charge < -0.3 is 14.2 Å². The van der Waals surface area contributed by atoms with Crippen LogP contribution in [0, 0.1) is 5.82 Å². The summed E-state index contributed by atoms with van der Waals surface area (Å²) < 4.78 is 32.6. The van der Waals surface area contributed by atoms with Crippen LogP contribution in [-0.2, 0) is 34.0 Å². The van der Waals surface area contributed by atoms with Gasteiger partial charge in [-0.3, -0.25) is 14.2 Å². The zero-order chi connectivity index (χ0) is 22.8. The van der Waals surface area contributed by atoms with E-state index in [0.717, 1.165) is 11.8 Å². The molecule has 1 aliphatic heterocycles. The molecule has 33 heavy (non-hydrogen) atoms. The second kappa shape index (κ2) is 8.84. The molecule has 0 radical (unpaired) electrons. The number of fused-ring (bicyclic) bond motifs is 2. The number of benzene rings is 3. The van der Waals surface area contributed by atoms with E-state index in [1.165, 1.54) is 16.7 Å². The van der Waals surface area contributed by atoms with Gasteiger partial charge in [0.25, 0.3) is 5.56 Å². The van der Waals surface area contributed by atoms with E-state index in [1.807, 2.05) is 30.3 Å². The number of para-hydroxylation sites is 2. The molecule has 0 saturated carbocycles. The van der Waals surface area contributed by atoms with Crippen LogP contribution in [-0.4, -0.2) is 15.5 Å². The average Bonchev–Trinajstić information content (AvgIpc) is 2.84. The molecule has 3 aromatic carbocycles. The maximum Gasteiger partial charge on any atom is 0.326 e. The lowest BCUT2D eigenvalue weighted by atomic mass is 10.1. The van der Waals surface area contributed by atoms with E-state index in [2.05, 4.69) is 4.98 Å². The molecule has 0 aliphatic carbocycles. The summed E-state index contributed by atoms with van der Waals surface area (Å²) in [5.74, 6) is -0.699. The minimum atomic E-state index is -0.652. The Balaban J connectivity index is 1.35. The van der Waals surface area contributed by atoms with Gasteiger partial charge in [-0.25, -0.2) is 9.37 Å². The highest BCUT2D eigenvalue weighted by Crippen LogP contribution is 2.36. The van der Waals surface area contributed by atoms with Gasteiger partial charge in [0, 0.05) is 16.7 Å². The van der Waals surface area contributed by atoms with Crippen molar-refractivity contribution in [2.24, 2.45) is 0 Å². The van der Waals surface area contributed by atoms with Crippen LogP contribution in [0.2, 0.25) is 0 Å². The van der Waals surface area contributed by atoms with Gasteiger partial charge in [0.15, 0.2) is 0 Å². The molecule has 8 heteroatoms. The number of carbonyl (C=O) groups excluding carboxylic acids is 1. The van der Waals surface area contributed by atoms with E-state index in [9.17, 15) is 14.0 Å². The number of rotatable bonds is 5. The minimum Gasteiger partial charge on any atom is -0.460 e. The van der Waals surface area contributed by atoms with E-state index in [4.69, 9.17) is 14.2 Å². The molecule has 1 aliphatic rings. The SMILES string of the molecule is O=C(Cn1c(=O)cnc2ccccc21)OCc1cc(F)cc2c1OC(c1ccccc1)OC2. The van der Waals surface area contributed by atoms with Crippen molar-refractivity contribution in [3.05, 3.63) is 106 Å². The molecule has 0 spiro atoms. The van der Waals surface area contributed by atoms with Gasteiger partial charge in [-0.15, -0.1) is 0 Å². The molecule has 1 unspecified atom stereocenters. The topological polar surface area (TPSA) is 79.7 Å². The summed E-state index contributed by atoms with van der Waals surface area (Å²) in [6.45, 7) is -0.347. The van der Waals surface area contributed by atoms with E-state index in [1.54, 1.807) is 24.3 Å². The molecule has 0 saturated heterocycles. The standard InChI is InChI=1S/C25H19FN2O5/c26-19-10-17(24-18(11-19)15-32-25(33-24)16-6-2-1-3-7-16)14-31-23(30)13-28-21-9-5-4-8-20(21)27-12-22(28)29/h1-12,25H,13-15H2. The van der Waals surface area contributed by atoms with Crippen molar-refractivity contribution in [2.75, 3.05) is 0 Å². The van der Waals surface area contributed by atoms with Crippen LogP contribution in [0.3, 0.4) is 0 Å². The van der Waals surface area contributed by atoms with Crippen molar-refractivity contribution in [1.82, 2.24) is 9.55 Å². The fourth-order valence-corrected chi connectivity index (χ4v) is 3.77. The maximum absolute atomic E-state index is 14.2. The zero-order valence-corrected chi connectivity index (χ0v) is 17.4. The van der Waals surface area contributed by atoms with Gasteiger partial charge in [-0.1, -0.05) is 42.5 Å². The number of hydrogen-bond acceptors (Lipinski definition) is 6. The van der Waals surface area contributed by atoms with E-state index < -0.39 is 23.6 Å². The predicted molar refractivity (Wildman–Crippen MR) is 117 cm³/mol. The van der Waals surface area contributed by atoms with Crippen LogP contribution in [0.5, 0.6) is 5.75 Å². The normalized spacial score (nSPS) is 15.0. The molecule has 0 fully saturated rings. The number of nitrogens with zero attached hydrogens (tertiary/aromatic N) is 2. The molecule has 1 atom stereocenters. The van der Waals surface area contributed by atoms with E-state index >= 15 is 0 Å². The van der Waals surface area contributed by atoms with Crippen molar-refractivity contribution < 1.29 is 23.4 Å². The molecule has 0 amide bonds. The molecule has 0 bridgehead atoms. The van der Waals surface area contributed by atoms with E-state index in [0.29, 0.717) is 27.9 Å². The third-order valence-corrected chi connectivity index (χ3v) is 5.32. The van der Waals surface area contributed by atoms with Gasteiger partial charge in [0.05, 0.1) is 23.8 Å². The third kappa shape index (κ3) is 4.33. The summed E-state index contributed by atoms with van der Waals surface area (Å²) >= 11 is 0. The second-order valence-electron chi connectivity index (χ2n) is 7.56. The van der Waals surface area contributed by atoms with E-state index in [-0.39, 0.29) is 19.8 Å². The van der Waals surface area contributed by atoms with Crippen molar-refractivity contribution in [3.8, 4) is 5.75 Å². The number of hydrogen-bond donors (Lipinski definition) is 0. The summed E-state index contributed by atoms with van der Waals surface area (Å²) in [5, 5.41) is 0. The Labute approximate surface area is 188 Å². The molecule has 7 nitrogen and oxygen atoms in total. The quantitative estimate of drug-likeness (QED) is 0.433. The lowest BCUT2D eigenvalue weighted by Gasteiger charge is -2.28. The number of esters is 1. The summed E-state index contributed by atoms with van der Waals surface area (Å²) in [6, 6.07) is 19.0. The fourth-order valence-electron chi connectivity index (χ4n) is 3.77. The Hall–Kier alpha value is -4.04. The first-order valence-corrected chi connectivity index (χ1v) is 10.3. The van der Waals surface area contributed by atoms with Crippen LogP contribution in [0.4, 0.5) is 4.39 Å². The Bertz CT molecular complexity index is 1390. The predicted octanol–water partition coefficient (Wildman–Crippen LogP) is 3.89. The Morgan fingerprint density at radius 1 is 1.12 bits per heavy atom. The third-order valence-electron chi connectivity index (χ3n) is 5.32. The monoisotopic (exact) mass is 446 g/mol. The van der Waals surface area contributed by atoms with Gasteiger partial charge in [0.2, 0.25) is 6.29 Å². The number of carbonyl (C=O) groups is 1. The Morgan fingerprint density at radius 2 is 1.91 bits per heavy atom. The van der Waals surface area contributed by atoms with Crippen LogP contribution in [0.15, 0.2) is 77.7 Å².